The lowest BCUT2D eigenvalue weighted by atomic mass is 9.88. The number of aromatic nitrogens is 3. The molecule has 1 heterocycles. The van der Waals surface area contributed by atoms with Gasteiger partial charge in [0.1, 0.15) is 0 Å². The molecule has 0 atom stereocenters. The minimum Gasteiger partial charge on any atom is -0.208 e. The number of nitrogens with zero attached hydrogens (tertiary/aromatic N) is 3. The van der Waals surface area contributed by atoms with E-state index in [1.54, 1.807) is 0 Å². The highest BCUT2D eigenvalue weighted by Crippen LogP contribution is 2.41. The molecule has 3 heteroatoms. The summed E-state index contributed by atoms with van der Waals surface area (Å²) >= 11 is 0. The smallest absolute Gasteiger partial charge is 0.164 e. The third kappa shape index (κ3) is 5.67. The molecule has 0 saturated carbocycles. The normalized spacial score (nSPS) is 12.7. The molecule has 54 heavy (non-hydrogen) atoms. The maximum Gasteiger partial charge on any atom is 0.164 e. The summed E-state index contributed by atoms with van der Waals surface area (Å²) in [4.78, 5) is 15.4. The maximum absolute atomic E-state index is 5.22. The highest BCUT2D eigenvalue weighted by molar-refractivity contribution is 6.25. The first-order chi connectivity index (χ1) is 26.8. The van der Waals surface area contributed by atoms with Crippen LogP contribution in [0.4, 0.5) is 0 Å². The second kappa shape index (κ2) is 13.5. The van der Waals surface area contributed by atoms with Crippen molar-refractivity contribution >= 4 is 37.9 Å². The SMILES string of the molecule is C1=CC(c2cccc(-c3nc(-c4ccccc4)nc(-c4ccccc4-c4ccccc4-c4ccc5c6ccccc6c6ccccc6c5c4)n3)c2)=CCC1. The van der Waals surface area contributed by atoms with Gasteiger partial charge in [-0.15, -0.1) is 0 Å². The molecule has 254 valence electrons. The summed E-state index contributed by atoms with van der Waals surface area (Å²) < 4.78 is 0. The second-order valence-corrected chi connectivity index (χ2v) is 13.8. The van der Waals surface area contributed by atoms with Gasteiger partial charge in [0, 0.05) is 16.7 Å². The van der Waals surface area contributed by atoms with Gasteiger partial charge in [-0.3, -0.25) is 0 Å². The molecule has 3 nitrogen and oxygen atoms in total. The van der Waals surface area contributed by atoms with Crippen LogP contribution in [0.5, 0.6) is 0 Å². The number of fused-ring (bicyclic) bond motifs is 6. The Morgan fingerprint density at radius 3 is 1.52 bits per heavy atom. The first-order valence-corrected chi connectivity index (χ1v) is 18.6. The fourth-order valence-corrected chi connectivity index (χ4v) is 7.97. The van der Waals surface area contributed by atoms with Crippen molar-refractivity contribution < 1.29 is 0 Å². The van der Waals surface area contributed by atoms with Crippen LogP contribution >= 0.6 is 0 Å². The molecule has 0 bridgehead atoms. The van der Waals surface area contributed by atoms with Gasteiger partial charge >= 0.3 is 0 Å². The highest BCUT2D eigenvalue weighted by atomic mass is 15.0. The van der Waals surface area contributed by atoms with E-state index in [-0.39, 0.29) is 0 Å². The molecule has 0 fully saturated rings. The van der Waals surface area contributed by atoms with Gasteiger partial charge in [-0.1, -0.05) is 176 Å². The molecule has 0 N–H and O–H groups in total. The van der Waals surface area contributed by atoms with E-state index in [1.165, 1.54) is 37.9 Å². The van der Waals surface area contributed by atoms with Gasteiger partial charge < -0.3 is 0 Å². The third-order valence-electron chi connectivity index (χ3n) is 10.6. The lowest BCUT2D eigenvalue weighted by molar-refractivity contribution is 1.04. The quantitative estimate of drug-likeness (QED) is 0.163. The lowest BCUT2D eigenvalue weighted by Crippen LogP contribution is -2.01. The van der Waals surface area contributed by atoms with Crippen molar-refractivity contribution in [3.05, 3.63) is 194 Å². The number of allylic oxidation sites excluding steroid dienone is 4. The molecule has 0 radical (unpaired) electrons. The molecule has 0 unspecified atom stereocenters. The standard InChI is InChI=1S/C51H35N3/c1-3-16-34(17-4-1)36-20-15-21-38(32-36)50-52-49(35-18-5-2-6-19-35)53-51(54-50)47-29-14-13-27-44(47)40-23-8-7-22-39(40)37-30-31-46-43-26-10-9-24-41(43)42-25-11-12-28-45(42)48(46)33-37/h2-3,5-33H,1,4H2. The first-order valence-electron chi connectivity index (χ1n) is 18.6. The molecule has 0 amide bonds. The molecule has 1 aliphatic rings. The predicted molar refractivity (Wildman–Crippen MR) is 226 cm³/mol. The molecule has 9 aromatic rings. The Bertz CT molecular complexity index is 2900. The van der Waals surface area contributed by atoms with Crippen LogP contribution in [0.2, 0.25) is 0 Å². The van der Waals surface area contributed by atoms with Crippen LogP contribution in [0.15, 0.2) is 188 Å². The van der Waals surface area contributed by atoms with E-state index in [0.29, 0.717) is 17.5 Å². The zero-order valence-electron chi connectivity index (χ0n) is 29.7. The van der Waals surface area contributed by atoms with Crippen molar-refractivity contribution in [1.82, 2.24) is 15.0 Å². The van der Waals surface area contributed by atoms with Crippen LogP contribution < -0.4 is 0 Å². The molecule has 1 aromatic heterocycles. The third-order valence-corrected chi connectivity index (χ3v) is 10.6. The molecule has 10 rings (SSSR count). The average molecular weight is 690 g/mol. The summed E-state index contributed by atoms with van der Waals surface area (Å²) in [5, 5.41) is 7.60. The Morgan fingerprint density at radius 1 is 0.315 bits per heavy atom. The first kappa shape index (κ1) is 31.7. The van der Waals surface area contributed by atoms with Crippen molar-refractivity contribution in [1.29, 1.82) is 0 Å². The summed E-state index contributed by atoms with van der Waals surface area (Å²) in [5.41, 5.74) is 9.78. The zero-order chi connectivity index (χ0) is 35.8. The van der Waals surface area contributed by atoms with Gasteiger partial charge in [-0.2, -0.15) is 0 Å². The number of hydrogen-bond acceptors (Lipinski definition) is 3. The van der Waals surface area contributed by atoms with Crippen LogP contribution in [-0.4, -0.2) is 15.0 Å². The summed E-state index contributed by atoms with van der Waals surface area (Å²) in [6.45, 7) is 0. The monoisotopic (exact) mass is 689 g/mol. The van der Waals surface area contributed by atoms with Crippen molar-refractivity contribution in [3.63, 3.8) is 0 Å². The Morgan fingerprint density at radius 2 is 0.833 bits per heavy atom. The Hall–Kier alpha value is -6.97. The number of hydrogen-bond donors (Lipinski definition) is 0. The Kier molecular flexibility index (Phi) is 7.96. The predicted octanol–water partition coefficient (Wildman–Crippen LogP) is 13.4. The summed E-state index contributed by atoms with van der Waals surface area (Å²) in [6, 6.07) is 60.3. The second-order valence-electron chi connectivity index (χ2n) is 13.8. The van der Waals surface area contributed by atoms with Gasteiger partial charge in [0.2, 0.25) is 0 Å². The molecule has 0 spiro atoms. The van der Waals surface area contributed by atoms with Crippen LogP contribution in [0.1, 0.15) is 18.4 Å². The molecule has 1 aliphatic carbocycles. The minimum absolute atomic E-state index is 0.641. The molecular formula is C51H35N3. The van der Waals surface area contributed by atoms with Gasteiger partial charge in [-0.25, -0.2) is 15.0 Å². The molecular weight excluding hydrogens is 655 g/mol. The fourth-order valence-electron chi connectivity index (χ4n) is 7.97. The fraction of sp³-hybridized carbons (Fsp3) is 0.0392. The highest BCUT2D eigenvalue weighted by Gasteiger charge is 2.19. The van der Waals surface area contributed by atoms with Crippen LogP contribution in [0.3, 0.4) is 0 Å². The number of rotatable bonds is 6. The van der Waals surface area contributed by atoms with Crippen molar-refractivity contribution in [3.8, 4) is 56.4 Å². The van der Waals surface area contributed by atoms with E-state index < -0.39 is 0 Å². The van der Waals surface area contributed by atoms with E-state index >= 15 is 0 Å². The Labute approximate surface area is 314 Å². The van der Waals surface area contributed by atoms with E-state index in [4.69, 9.17) is 15.0 Å². The van der Waals surface area contributed by atoms with Gasteiger partial charge in [-0.05, 0) is 90.7 Å². The van der Waals surface area contributed by atoms with Gasteiger partial charge in [0.25, 0.3) is 0 Å². The van der Waals surface area contributed by atoms with E-state index in [0.717, 1.165) is 57.3 Å². The van der Waals surface area contributed by atoms with E-state index in [2.05, 4.69) is 170 Å². The van der Waals surface area contributed by atoms with E-state index in [9.17, 15) is 0 Å². The summed E-state index contributed by atoms with van der Waals surface area (Å²) in [5.74, 6) is 1.94. The summed E-state index contributed by atoms with van der Waals surface area (Å²) in [6.07, 6.45) is 8.90. The molecule has 0 saturated heterocycles. The zero-order valence-corrected chi connectivity index (χ0v) is 29.7. The number of benzene rings is 8. The van der Waals surface area contributed by atoms with Crippen molar-refractivity contribution in [2.75, 3.05) is 0 Å². The van der Waals surface area contributed by atoms with Gasteiger partial charge in [0.05, 0.1) is 0 Å². The van der Waals surface area contributed by atoms with E-state index in [1.807, 2.05) is 18.2 Å². The van der Waals surface area contributed by atoms with Crippen molar-refractivity contribution in [2.45, 2.75) is 12.8 Å². The topological polar surface area (TPSA) is 38.7 Å². The van der Waals surface area contributed by atoms with Crippen molar-refractivity contribution in [2.24, 2.45) is 0 Å². The largest absolute Gasteiger partial charge is 0.208 e. The molecule has 8 aromatic carbocycles. The lowest BCUT2D eigenvalue weighted by Gasteiger charge is -2.16. The Balaban J connectivity index is 1.15. The van der Waals surface area contributed by atoms with Crippen LogP contribution in [-0.2, 0) is 0 Å². The van der Waals surface area contributed by atoms with Crippen LogP contribution in [0, 0.1) is 0 Å². The maximum atomic E-state index is 5.22. The summed E-state index contributed by atoms with van der Waals surface area (Å²) in [7, 11) is 0. The van der Waals surface area contributed by atoms with Gasteiger partial charge in [0.15, 0.2) is 17.5 Å². The minimum atomic E-state index is 0.641. The molecule has 0 aliphatic heterocycles. The van der Waals surface area contributed by atoms with Crippen LogP contribution in [0.25, 0.3) is 94.3 Å². The average Bonchev–Trinajstić information content (AvgIpc) is 3.27.